The number of nitriles is 1. The molecule has 4 heteroatoms. The molecule has 1 aromatic rings. The Morgan fingerprint density at radius 3 is 2.62 bits per heavy atom. The van der Waals surface area contributed by atoms with E-state index in [9.17, 15) is 9.18 Å². The quantitative estimate of drug-likeness (QED) is 0.588. The second kappa shape index (κ2) is 3.83. The van der Waals surface area contributed by atoms with E-state index < -0.39 is 5.82 Å². The van der Waals surface area contributed by atoms with Gasteiger partial charge < -0.3 is 0 Å². The van der Waals surface area contributed by atoms with Crippen molar-refractivity contribution in [2.24, 2.45) is 0 Å². The Balaban J connectivity index is 3.39. The minimum atomic E-state index is -0.639. The van der Waals surface area contributed by atoms with E-state index in [0.29, 0.717) is 9.13 Å². The molecule has 0 atom stereocenters. The molecule has 0 bridgehead atoms. The van der Waals surface area contributed by atoms with Gasteiger partial charge in [0.2, 0.25) is 0 Å². The van der Waals surface area contributed by atoms with E-state index in [-0.39, 0.29) is 11.3 Å². The summed E-state index contributed by atoms with van der Waals surface area (Å²) in [5.74, 6) is -0.846. The number of halogens is 2. The number of carbonyl (C=O) groups excluding carboxylic acids is 1. The Kier molecular flexibility index (Phi) is 2.98. The maximum Gasteiger partial charge on any atom is 0.159 e. The van der Waals surface area contributed by atoms with Gasteiger partial charge in [0, 0.05) is 9.13 Å². The summed E-state index contributed by atoms with van der Waals surface area (Å²) < 4.78 is 13.6. The molecule has 0 saturated carbocycles. The van der Waals surface area contributed by atoms with Gasteiger partial charge in [-0.1, -0.05) is 0 Å². The van der Waals surface area contributed by atoms with Gasteiger partial charge in [0.05, 0.1) is 0 Å². The zero-order chi connectivity index (χ0) is 10.0. The minimum Gasteiger partial charge on any atom is -0.295 e. The highest BCUT2D eigenvalue weighted by molar-refractivity contribution is 14.1. The van der Waals surface area contributed by atoms with Crippen LogP contribution in [0.5, 0.6) is 0 Å². The number of hydrogen-bond donors (Lipinski definition) is 0. The number of carbonyl (C=O) groups is 1. The molecule has 0 heterocycles. The second-order valence-corrected chi connectivity index (χ2v) is 3.65. The van der Waals surface area contributed by atoms with Crippen molar-refractivity contribution in [3.63, 3.8) is 0 Å². The van der Waals surface area contributed by atoms with Gasteiger partial charge in [0.25, 0.3) is 0 Å². The van der Waals surface area contributed by atoms with Crippen LogP contribution in [0.2, 0.25) is 0 Å². The highest BCUT2D eigenvalue weighted by Gasteiger charge is 2.10. The van der Waals surface area contributed by atoms with Crippen LogP contribution in [0.3, 0.4) is 0 Å². The Hall–Kier alpha value is -0.960. The Labute approximate surface area is 88.5 Å². The summed E-state index contributed by atoms with van der Waals surface area (Å²) in [7, 11) is 0. The summed E-state index contributed by atoms with van der Waals surface area (Å²) in [4.78, 5) is 10.9. The zero-order valence-corrected chi connectivity index (χ0v) is 8.92. The molecule has 0 aromatic heterocycles. The fourth-order valence-electron chi connectivity index (χ4n) is 0.883. The summed E-state index contributed by atoms with van der Waals surface area (Å²) in [6.07, 6.45) is 0. The van der Waals surface area contributed by atoms with E-state index in [1.54, 1.807) is 6.07 Å². The Bertz CT molecular complexity index is 386. The van der Waals surface area contributed by atoms with E-state index in [0.717, 1.165) is 6.07 Å². The van der Waals surface area contributed by atoms with E-state index >= 15 is 0 Å². The van der Waals surface area contributed by atoms with Gasteiger partial charge in [-0.25, -0.2) is 4.39 Å². The molecule has 0 amide bonds. The minimum absolute atomic E-state index is 0.00870. The topological polar surface area (TPSA) is 40.9 Å². The van der Waals surface area contributed by atoms with Gasteiger partial charge in [0.1, 0.15) is 17.4 Å². The van der Waals surface area contributed by atoms with Crippen LogP contribution in [0.15, 0.2) is 12.1 Å². The number of benzene rings is 1. The highest BCUT2D eigenvalue weighted by Crippen LogP contribution is 2.17. The average Bonchev–Trinajstić information content (AvgIpc) is 2.03. The summed E-state index contributed by atoms with van der Waals surface area (Å²) in [5, 5.41) is 8.55. The van der Waals surface area contributed by atoms with Gasteiger partial charge in [0.15, 0.2) is 5.78 Å². The molecule has 0 N–H and O–H groups in total. The molecule has 0 spiro atoms. The van der Waals surface area contributed by atoms with E-state index in [2.05, 4.69) is 0 Å². The van der Waals surface area contributed by atoms with Crippen molar-refractivity contribution in [1.82, 2.24) is 0 Å². The van der Waals surface area contributed by atoms with Crippen LogP contribution in [-0.2, 0) is 0 Å². The first kappa shape index (κ1) is 10.1. The second-order valence-electron chi connectivity index (χ2n) is 2.48. The normalized spacial score (nSPS) is 9.38. The summed E-state index contributed by atoms with van der Waals surface area (Å²) in [5.41, 5.74) is 0.284. The van der Waals surface area contributed by atoms with Crippen molar-refractivity contribution >= 4 is 28.4 Å². The van der Waals surface area contributed by atoms with Gasteiger partial charge in [-0.15, -0.1) is 0 Å². The number of nitrogens with zero attached hydrogens (tertiary/aromatic N) is 1. The van der Waals surface area contributed by atoms with Gasteiger partial charge >= 0.3 is 0 Å². The maximum absolute atomic E-state index is 13.1. The van der Waals surface area contributed by atoms with E-state index in [1.165, 1.54) is 13.0 Å². The Morgan fingerprint density at radius 1 is 1.62 bits per heavy atom. The van der Waals surface area contributed by atoms with E-state index in [1.807, 2.05) is 22.6 Å². The molecule has 0 aliphatic heterocycles. The highest BCUT2D eigenvalue weighted by atomic mass is 127. The first-order valence-corrected chi connectivity index (χ1v) is 4.54. The van der Waals surface area contributed by atoms with Crippen LogP contribution in [0.25, 0.3) is 0 Å². The third kappa shape index (κ3) is 2.04. The van der Waals surface area contributed by atoms with Crippen molar-refractivity contribution in [3.8, 4) is 6.07 Å². The lowest BCUT2D eigenvalue weighted by Crippen LogP contribution is -1.97. The lowest BCUT2D eigenvalue weighted by Gasteiger charge is -2.00. The molecule has 0 saturated heterocycles. The standard InChI is InChI=1S/C9H5FINO/c1-5(13)6-2-8(10)7(4-12)9(11)3-6/h2-3H,1H3. The van der Waals surface area contributed by atoms with Crippen LogP contribution in [0.4, 0.5) is 4.39 Å². The lowest BCUT2D eigenvalue weighted by atomic mass is 10.1. The Morgan fingerprint density at radius 2 is 2.23 bits per heavy atom. The van der Waals surface area contributed by atoms with Crippen molar-refractivity contribution < 1.29 is 9.18 Å². The molecule has 66 valence electrons. The molecule has 0 aliphatic carbocycles. The number of rotatable bonds is 1. The third-order valence-electron chi connectivity index (χ3n) is 1.56. The monoisotopic (exact) mass is 289 g/mol. The molecule has 2 nitrogen and oxygen atoms in total. The summed E-state index contributed by atoms with van der Waals surface area (Å²) in [6.45, 7) is 1.36. The van der Waals surface area contributed by atoms with Crippen molar-refractivity contribution in [1.29, 1.82) is 5.26 Å². The molecular weight excluding hydrogens is 284 g/mol. The maximum atomic E-state index is 13.1. The van der Waals surface area contributed by atoms with Crippen LogP contribution in [0.1, 0.15) is 22.8 Å². The van der Waals surface area contributed by atoms with Crippen molar-refractivity contribution in [3.05, 3.63) is 32.6 Å². The third-order valence-corrected chi connectivity index (χ3v) is 2.41. The SMILES string of the molecule is CC(=O)c1cc(F)c(C#N)c(I)c1. The largest absolute Gasteiger partial charge is 0.295 e. The zero-order valence-electron chi connectivity index (χ0n) is 6.77. The molecule has 0 radical (unpaired) electrons. The fourth-order valence-corrected chi connectivity index (χ4v) is 1.60. The number of hydrogen-bond acceptors (Lipinski definition) is 2. The first-order valence-electron chi connectivity index (χ1n) is 3.46. The molecule has 1 rings (SSSR count). The van der Waals surface area contributed by atoms with Crippen LogP contribution in [0, 0.1) is 20.7 Å². The molecule has 13 heavy (non-hydrogen) atoms. The molecular formula is C9H5FINO. The molecule has 1 aromatic carbocycles. The van der Waals surface area contributed by atoms with Crippen LogP contribution < -0.4 is 0 Å². The smallest absolute Gasteiger partial charge is 0.159 e. The summed E-state index contributed by atoms with van der Waals surface area (Å²) >= 11 is 1.83. The van der Waals surface area contributed by atoms with Gasteiger partial charge in [-0.3, -0.25) is 4.79 Å². The first-order chi connectivity index (χ1) is 6.06. The van der Waals surface area contributed by atoms with Crippen molar-refractivity contribution in [2.75, 3.05) is 0 Å². The molecule has 0 fully saturated rings. The summed E-state index contributed by atoms with van der Waals surface area (Å²) in [6, 6.07) is 4.33. The lowest BCUT2D eigenvalue weighted by molar-refractivity contribution is 0.101. The van der Waals surface area contributed by atoms with Crippen molar-refractivity contribution in [2.45, 2.75) is 6.92 Å². The number of ketones is 1. The molecule has 0 unspecified atom stereocenters. The fraction of sp³-hybridized carbons (Fsp3) is 0.111. The molecule has 0 aliphatic rings. The number of Topliss-reactive ketones (excluding diaryl/α,β-unsaturated/α-hetero) is 1. The van der Waals surface area contributed by atoms with Gasteiger partial charge in [-0.05, 0) is 41.6 Å². The van der Waals surface area contributed by atoms with Gasteiger partial charge in [-0.2, -0.15) is 5.26 Å². The average molecular weight is 289 g/mol. The van der Waals surface area contributed by atoms with E-state index in [4.69, 9.17) is 5.26 Å². The predicted octanol–water partition coefficient (Wildman–Crippen LogP) is 2.50. The van der Waals surface area contributed by atoms with Crippen LogP contribution >= 0.6 is 22.6 Å². The van der Waals surface area contributed by atoms with Crippen LogP contribution in [-0.4, -0.2) is 5.78 Å². The predicted molar refractivity (Wildman–Crippen MR) is 53.8 cm³/mol.